The Balaban J connectivity index is 1.47. The average Bonchev–Trinajstić information content (AvgIpc) is 3.32. The van der Waals surface area contributed by atoms with Gasteiger partial charge < -0.3 is 4.90 Å². The summed E-state index contributed by atoms with van der Waals surface area (Å²) in [5.74, 6) is -0.498. The number of nitriles is 1. The van der Waals surface area contributed by atoms with E-state index in [1.807, 2.05) is 25.1 Å². The molecule has 1 aliphatic heterocycles. The number of ketones is 1. The Morgan fingerprint density at radius 3 is 2.46 bits per heavy atom. The molecule has 37 heavy (non-hydrogen) atoms. The molecule has 2 heterocycles. The smallest absolute Gasteiger partial charge is 0.176 e. The third kappa shape index (κ3) is 3.71. The molecular formula is C31H31FN4O. The van der Waals surface area contributed by atoms with Crippen LogP contribution >= 0.6 is 0 Å². The van der Waals surface area contributed by atoms with E-state index in [0.29, 0.717) is 11.3 Å². The van der Waals surface area contributed by atoms with Crippen LogP contribution in [-0.2, 0) is 16.6 Å². The number of carbonyl (C=O) groups is 1. The van der Waals surface area contributed by atoms with E-state index < -0.39 is 5.41 Å². The second-order valence-electron chi connectivity index (χ2n) is 10.9. The summed E-state index contributed by atoms with van der Waals surface area (Å²) in [6.45, 7) is 5.93. The van der Waals surface area contributed by atoms with Crippen LogP contribution in [0.5, 0.6) is 0 Å². The van der Waals surface area contributed by atoms with Gasteiger partial charge in [-0.25, -0.2) is 4.39 Å². The van der Waals surface area contributed by atoms with Crippen molar-refractivity contribution in [2.45, 2.75) is 51.0 Å². The highest BCUT2D eigenvalue weighted by Gasteiger charge is 2.51. The lowest BCUT2D eigenvalue weighted by Crippen LogP contribution is -2.47. The van der Waals surface area contributed by atoms with E-state index in [9.17, 15) is 10.1 Å². The van der Waals surface area contributed by atoms with Crippen molar-refractivity contribution < 1.29 is 9.18 Å². The molecule has 6 rings (SSSR count). The number of fused-ring (bicyclic) bond motifs is 3. The number of hydrogen-bond acceptors (Lipinski definition) is 4. The third-order valence-corrected chi connectivity index (χ3v) is 8.90. The minimum absolute atomic E-state index is 0.0648. The van der Waals surface area contributed by atoms with Crippen molar-refractivity contribution >= 4 is 11.5 Å². The second kappa shape index (κ2) is 8.99. The number of carbonyl (C=O) groups excluding carboxylic acids is 1. The van der Waals surface area contributed by atoms with Gasteiger partial charge in [0.05, 0.1) is 23.0 Å². The summed E-state index contributed by atoms with van der Waals surface area (Å²) >= 11 is 0. The number of allylic oxidation sites excluding steroid dienone is 2. The van der Waals surface area contributed by atoms with Crippen molar-refractivity contribution in [3.05, 3.63) is 83.3 Å². The molecule has 6 heteroatoms. The van der Waals surface area contributed by atoms with Crippen LogP contribution in [0.25, 0.3) is 11.3 Å². The summed E-state index contributed by atoms with van der Waals surface area (Å²) < 4.78 is 17.2. The summed E-state index contributed by atoms with van der Waals surface area (Å²) in [4.78, 5) is 15.3. The maximum absolute atomic E-state index is 15.0. The molecule has 0 N–H and O–H groups in total. The highest BCUT2D eigenvalue weighted by Crippen LogP contribution is 2.52. The molecule has 3 aliphatic rings. The maximum atomic E-state index is 15.0. The lowest BCUT2D eigenvalue weighted by molar-refractivity contribution is -0.121. The predicted octanol–water partition coefficient (Wildman–Crippen LogP) is 6.02. The highest BCUT2D eigenvalue weighted by atomic mass is 19.1. The normalized spacial score (nSPS) is 25.7. The first-order valence-corrected chi connectivity index (χ1v) is 13.3. The van der Waals surface area contributed by atoms with Gasteiger partial charge in [-0.3, -0.25) is 9.48 Å². The van der Waals surface area contributed by atoms with E-state index in [1.54, 1.807) is 12.1 Å². The number of halogens is 1. The fraction of sp³-hybridized carbons (Fsp3) is 0.387. The standard InChI is InChI=1S/C31H31FN4O/c1-20-26-13-12-25-28(24-10-6-7-11-27(24)32)34-36(30(25)31(26,2)18-21(19-33)29(20)37)23-14-16-35(17-15-23)22-8-4-3-5-9-22/h3-11,18,20,23,26H,12-17H2,1-2H3/t20?,26-,31-/m1/s1. The average molecular weight is 495 g/mol. The molecule has 0 spiro atoms. The van der Waals surface area contributed by atoms with Gasteiger partial charge >= 0.3 is 0 Å². The first-order valence-electron chi connectivity index (χ1n) is 13.3. The summed E-state index contributed by atoms with van der Waals surface area (Å²) in [5.41, 5.74) is 4.29. The maximum Gasteiger partial charge on any atom is 0.176 e. The molecule has 2 aromatic carbocycles. The minimum atomic E-state index is -0.515. The zero-order valence-electron chi connectivity index (χ0n) is 21.3. The number of para-hydroxylation sites is 1. The van der Waals surface area contributed by atoms with Crippen LogP contribution in [-0.4, -0.2) is 28.7 Å². The monoisotopic (exact) mass is 494 g/mol. The molecule has 188 valence electrons. The molecule has 1 unspecified atom stereocenters. The highest BCUT2D eigenvalue weighted by molar-refractivity contribution is 6.02. The van der Waals surface area contributed by atoms with E-state index in [4.69, 9.17) is 5.10 Å². The number of hydrogen-bond donors (Lipinski definition) is 0. The number of benzene rings is 2. The van der Waals surface area contributed by atoms with Gasteiger partial charge in [-0.15, -0.1) is 0 Å². The summed E-state index contributed by atoms with van der Waals surface area (Å²) in [7, 11) is 0. The lowest BCUT2D eigenvalue weighted by atomic mass is 9.57. The van der Waals surface area contributed by atoms with Crippen LogP contribution in [0, 0.1) is 29.0 Å². The molecule has 0 bridgehead atoms. The third-order valence-electron chi connectivity index (χ3n) is 8.90. The fourth-order valence-corrected chi connectivity index (χ4v) is 7.02. The van der Waals surface area contributed by atoms with Crippen molar-refractivity contribution in [3.63, 3.8) is 0 Å². The van der Waals surface area contributed by atoms with Crippen LogP contribution in [0.1, 0.15) is 50.4 Å². The van der Waals surface area contributed by atoms with Gasteiger partial charge in [0, 0.05) is 41.2 Å². The first-order chi connectivity index (χ1) is 17.9. The summed E-state index contributed by atoms with van der Waals surface area (Å²) in [6, 6.07) is 19.6. The van der Waals surface area contributed by atoms with Crippen LogP contribution in [0.3, 0.4) is 0 Å². The molecule has 3 atom stereocenters. The molecule has 0 radical (unpaired) electrons. The molecule has 2 aliphatic carbocycles. The van der Waals surface area contributed by atoms with Crippen molar-refractivity contribution in [3.8, 4) is 17.3 Å². The summed E-state index contributed by atoms with van der Waals surface area (Å²) in [6.07, 6.45) is 5.29. The first kappa shape index (κ1) is 23.7. The molecule has 5 nitrogen and oxygen atoms in total. The number of nitrogens with zero attached hydrogens (tertiary/aromatic N) is 4. The molecule has 0 saturated carbocycles. The molecule has 1 fully saturated rings. The van der Waals surface area contributed by atoms with Gasteiger partial charge in [0.2, 0.25) is 0 Å². The zero-order valence-corrected chi connectivity index (χ0v) is 21.3. The molecule has 1 aromatic heterocycles. The Labute approximate surface area is 217 Å². The number of piperidine rings is 1. The summed E-state index contributed by atoms with van der Waals surface area (Å²) in [5, 5.41) is 14.9. The number of Topliss-reactive ketones (excluding diaryl/α,β-unsaturated/α-hetero) is 1. The molecule has 1 saturated heterocycles. The van der Waals surface area contributed by atoms with E-state index >= 15 is 4.39 Å². The van der Waals surface area contributed by atoms with E-state index in [2.05, 4.69) is 46.8 Å². The minimum Gasteiger partial charge on any atom is -0.371 e. The van der Waals surface area contributed by atoms with Crippen LogP contribution in [0.4, 0.5) is 10.1 Å². The quantitative estimate of drug-likeness (QED) is 0.447. The van der Waals surface area contributed by atoms with Gasteiger partial charge in [0.25, 0.3) is 0 Å². The fourth-order valence-electron chi connectivity index (χ4n) is 7.02. The Hall–Kier alpha value is -3.72. The van der Waals surface area contributed by atoms with E-state index in [0.717, 1.165) is 50.0 Å². The topological polar surface area (TPSA) is 61.9 Å². The Kier molecular flexibility index (Phi) is 5.75. The van der Waals surface area contributed by atoms with E-state index in [-0.39, 0.29) is 35.1 Å². The van der Waals surface area contributed by atoms with Crippen molar-refractivity contribution in [2.24, 2.45) is 11.8 Å². The number of rotatable bonds is 3. The number of aromatic nitrogens is 2. The molecule has 0 amide bonds. The van der Waals surface area contributed by atoms with Crippen molar-refractivity contribution in [1.29, 1.82) is 5.26 Å². The van der Waals surface area contributed by atoms with Crippen LogP contribution in [0.15, 0.2) is 66.2 Å². The Bertz CT molecular complexity index is 1430. The van der Waals surface area contributed by atoms with Gasteiger partial charge in [0.1, 0.15) is 11.9 Å². The van der Waals surface area contributed by atoms with Crippen molar-refractivity contribution in [2.75, 3.05) is 18.0 Å². The van der Waals surface area contributed by atoms with Crippen molar-refractivity contribution in [1.82, 2.24) is 9.78 Å². The van der Waals surface area contributed by atoms with Gasteiger partial charge in [0.15, 0.2) is 5.78 Å². The van der Waals surface area contributed by atoms with Crippen LogP contribution < -0.4 is 4.90 Å². The number of anilines is 1. The SMILES string of the molecule is CC1C(=O)C(C#N)=C[C@@]2(C)c3c(c(-c4ccccc4F)nn3C3CCN(c4ccccc4)CC3)CC[C@H]12. The largest absolute Gasteiger partial charge is 0.371 e. The molecule has 3 aromatic rings. The van der Waals surface area contributed by atoms with E-state index in [1.165, 1.54) is 11.8 Å². The molecular weight excluding hydrogens is 463 g/mol. The van der Waals surface area contributed by atoms with Gasteiger partial charge in [-0.2, -0.15) is 10.4 Å². The Morgan fingerprint density at radius 1 is 1.05 bits per heavy atom. The second-order valence-corrected chi connectivity index (χ2v) is 10.9. The lowest BCUT2D eigenvalue weighted by Gasteiger charge is -2.46. The Morgan fingerprint density at radius 2 is 1.76 bits per heavy atom. The zero-order chi connectivity index (χ0) is 25.7. The predicted molar refractivity (Wildman–Crippen MR) is 142 cm³/mol. The van der Waals surface area contributed by atoms with Gasteiger partial charge in [-0.05, 0) is 55.9 Å². The van der Waals surface area contributed by atoms with Gasteiger partial charge in [-0.1, -0.05) is 50.3 Å². The van der Waals surface area contributed by atoms with Crippen LogP contribution in [0.2, 0.25) is 0 Å².